The molecule has 1 aliphatic carbocycles. The molecule has 0 saturated heterocycles. The number of halogens is 1. The number of hydrogen-bond acceptors (Lipinski definition) is 2. The van der Waals surface area contributed by atoms with E-state index < -0.39 is 5.60 Å². The Kier molecular flexibility index (Phi) is 4.50. The van der Waals surface area contributed by atoms with Crippen LogP contribution in [0.2, 0.25) is 5.15 Å². The molecule has 1 aromatic rings. The van der Waals surface area contributed by atoms with Gasteiger partial charge in [-0.05, 0) is 37.5 Å². The third-order valence-electron chi connectivity index (χ3n) is 4.92. The van der Waals surface area contributed by atoms with Crippen LogP contribution in [0.5, 0.6) is 0 Å². The van der Waals surface area contributed by atoms with Crippen molar-refractivity contribution in [1.29, 1.82) is 0 Å². The van der Waals surface area contributed by atoms with Gasteiger partial charge in [-0.25, -0.2) is 0 Å². The lowest BCUT2D eigenvalue weighted by Crippen LogP contribution is -2.47. The van der Waals surface area contributed by atoms with Crippen molar-refractivity contribution in [2.75, 3.05) is 0 Å². The number of nitrogens with zero attached hydrogens (tertiary/aromatic N) is 2. The van der Waals surface area contributed by atoms with E-state index in [0.717, 1.165) is 24.1 Å². The molecule has 4 heteroatoms. The largest absolute Gasteiger partial charge is 0.389 e. The maximum absolute atomic E-state index is 11.3. The molecule has 1 fully saturated rings. The van der Waals surface area contributed by atoms with Crippen LogP contribution in [0.15, 0.2) is 0 Å². The number of aromatic nitrogens is 2. The molecule has 20 heavy (non-hydrogen) atoms. The van der Waals surface area contributed by atoms with Crippen LogP contribution < -0.4 is 0 Å². The second-order valence-electron chi connectivity index (χ2n) is 7.00. The Labute approximate surface area is 127 Å². The second-order valence-corrected chi connectivity index (χ2v) is 7.35. The first-order valence-electron chi connectivity index (χ1n) is 7.65. The van der Waals surface area contributed by atoms with Crippen molar-refractivity contribution < 1.29 is 5.11 Å². The molecule has 1 aliphatic rings. The number of hydrogen-bond donors (Lipinski definition) is 1. The second kappa shape index (κ2) is 5.69. The number of rotatable bonds is 3. The lowest BCUT2D eigenvalue weighted by molar-refractivity contribution is -0.0795. The molecule has 3 atom stereocenters. The van der Waals surface area contributed by atoms with Gasteiger partial charge in [-0.1, -0.05) is 38.8 Å². The average molecular weight is 299 g/mol. The van der Waals surface area contributed by atoms with Gasteiger partial charge in [0.1, 0.15) is 5.15 Å². The molecular formula is C16H27ClN2O. The zero-order valence-corrected chi connectivity index (χ0v) is 14.0. The first-order valence-corrected chi connectivity index (χ1v) is 8.02. The standard InChI is InChI=1S/C16H27ClN2O/c1-10(2)14-7-6-11(3)8-16(14,20)9-13-12(4)18-19(5)15(13)17/h10-11,14,20H,6-9H2,1-5H3. The minimum atomic E-state index is -0.650. The van der Waals surface area contributed by atoms with E-state index in [4.69, 9.17) is 11.6 Å². The molecular weight excluding hydrogens is 272 g/mol. The predicted octanol–water partition coefficient (Wildman–Crippen LogP) is 3.75. The van der Waals surface area contributed by atoms with Gasteiger partial charge < -0.3 is 5.11 Å². The van der Waals surface area contributed by atoms with Crippen LogP contribution in [0.25, 0.3) is 0 Å². The van der Waals surface area contributed by atoms with Gasteiger partial charge in [-0.3, -0.25) is 4.68 Å². The van der Waals surface area contributed by atoms with Gasteiger partial charge in [0.25, 0.3) is 0 Å². The predicted molar refractivity (Wildman–Crippen MR) is 83.0 cm³/mol. The van der Waals surface area contributed by atoms with Crippen LogP contribution >= 0.6 is 11.6 Å². The third-order valence-corrected chi connectivity index (χ3v) is 5.39. The van der Waals surface area contributed by atoms with E-state index in [0.29, 0.717) is 29.3 Å². The van der Waals surface area contributed by atoms with Crippen molar-refractivity contribution in [3.05, 3.63) is 16.4 Å². The van der Waals surface area contributed by atoms with E-state index in [2.05, 4.69) is 25.9 Å². The van der Waals surface area contributed by atoms with Crippen LogP contribution in [0.1, 0.15) is 51.3 Å². The van der Waals surface area contributed by atoms with E-state index in [-0.39, 0.29) is 0 Å². The molecule has 0 aliphatic heterocycles. The minimum absolute atomic E-state index is 0.342. The molecule has 3 unspecified atom stereocenters. The Morgan fingerprint density at radius 1 is 1.45 bits per heavy atom. The molecule has 2 rings (SSSR count). The number of aliphatic hydroxyl groups is 1. The summed E-state index contributed by atoms with van der Waals surface area (Å²) in [6.07, 6.45) is 3.80. The Bertz CT molecular complexity index is 483. The van der Waals surface area contributed by atoms with Gasteiger partial charge in [0.05, 0.1) is 11.3 Å². The highest BCUT2D eigenvalue weighted by Crippen LogP contribution is 2.43. The molecule has 1 saturated carbocycles. The highest BCUT2D eigenvalue weighted by molar-refractivity contribution is 6.30. The Hall–Kier alpha value is -0.540. The van der Waals surface area contributed by atoms with Crippen molar-refractivity contribution in [2.45, 2.75) is 59.0 Å². The van der Waals surface area contributed by atoms with Crippen molar-refractivity contribution in [2.24, 2.45) is 24.8 Å². The maximum atomic E-state index is 11.3. The SMILES string of the molecule is Cc1nn(C)c(Cl)c1CC1(O)CC(C)CCC1C(C)C. The van der Waals surface area contributed by atoms with E-state index in [9.17, 15) is 5.11 Å². The van der Waals surface area contributed by atoms with E-state index in [1.54, 1.807) is 4.68 Å². The summed E-state index contributed by atoms with van der Waals surface area (Å²) in [4.78, 5) is 0. The van der Waals surface area contributed by atoms with Crippen molar-refractivity contribution in [1.82, 2.24) is 9.78 Å². The lowest BCUT2D eigenvalue weighted by atomic mass is 9.65. The molecule has 1 heterocycles. The van der Waals surface area contributed by atoms with Crippen LogP contribution in [0.3, 0.4) is 0 Å². The third kappa shape index (κ3) is 2.89. The van der Waals surface area contributed by atoms with Crippen LogP contribution in [0.4, 0.5) is 0 Å². The van der Waals surface area contributed by atoms with E-state index in [1.165, 1.54) is 6.42 Å². The summed E-state index contributed by atoms with van der Waals surface area (Å²) in [7, 11) is 1.85. The normalized spacial score (nSPS) is 31.0. The molecule has 0 radical (unpaired) electrons. The lowest BCUT2D eigenvalue weighted by Gasteiger charge is -2.45. The van der Waals surface area contributed by atoms with Crippen LogP contribution in [-0.4, -0.2) is 20.5 Å². The van der Waals surface area contributed by atoms with Gasteiger partial charge >= 0.3 is 0 Å². The van der Waals surface area contributed by atoms with Crippen molar-refractivity contribution in [3.63, 3.8) is 0 Å². The van der Waals surface area contributed by atoms with Gasteiger partial charge in [0.15, 0.2) is 0 Å². The minimum Gasteiger partial charge on any atom is -0.389 e. The van der Waals surface area contributed by atoms with Crippen LogP contribution in [-0.2, 0) is 13.5 Å². The highest BCUT2D eigenvalue weighted by Gasteiger charge is 2.43. The molecule has 0 bridgehead atoms. The van der Waals surface area contributed by atoms with Gasteiger partial charge in [0, 0.05) is 19.0 Å². The molecule has 114 valence electrons. The smallest absolute Gasteiger partial charge is 0.130 e. The van der Waals surface area contributed by atoms with E-state index >= 15 is 0 Å². The van der Waals surface area contributed by atoms with E-state index in [1.807, 2.05) is 14.0 Å². The summed E-state index contributed by atoms with van der Waals surface area (Å²) < 4.78 is 1.70. The van der Waals surface area contributed by atoms with Crippen molar-refractivity contribution in [3.8, 4) is 0 Å². The first-order chi connectivity index (χ1) is 9.24. The fourth-order valence-corrected chi connectivity index (χ4v) is 4.17. The zero-order valence-electron chi connectivity index (χ0n) is 13.3. The fourth-order valence-electron chi connectivity index (χ4n) is 3.93. The summed E-state index contributed by atoms with van der Waals surface area (Å²) >= 11 is 6.35. The van der Waals surface area contributed by atoms with Gasteiger partial charge in [0.2, 0.25) is 0 Å². The highest BCUT2D eigenvalue weighted by atomic mass is 35.5. The summed E-state index contributed by atoms with van der Waals surface area (Å²) in [6, 6.07) is 0. The molecule has 1 N–H and O–H groups in total. The summed E-state index contributed by atoms with van der Waals surface area (Å²) in [5.74, 6) is 1.41. The van der Waals surface area contributed by atoms with Gasteiger partial charge in [-0.15, -0.1) is 0 Å². The Morgan fingerprint density at radius 3 is 2.60 bits per heavy atom. The summed E-state index contributed by atoms with van der Waals surface area (Å²) in [5.41, 5.74) is 1.30. The average Bonchev–Trinajstić information content (AvgIpc) is 2.55. The topological polar surface area (TPSA) is 38.0 Å². The summed E-state index contributed by atoms with van der Waals surface area (Å²) in [6.45, 7) is 8.63. The molecule has 0 amide bonds. The molecule has 1 aromatic heterocycles. The molecule has 0 spiro atoms. The molecule has 0 aromatic carbocycles. The molecule has 3 nitrogen and oxygen atoms in total. The monoisotopic (exact) mass is 298 g/mol. The van der Waals surface area contributed by atoms with Gasteiger partial charge in [-0.2, -0.15) is 5.10 Å². The fraction of sp³-hybridized carbons (Fsp3) is 0.812. The number of aryl methyl sites for hydroxylation is 2. The Morgan fingerprint density at radius 2 is 2.10 bits per heavy atom. The van der Waals surface area contributed by atoms with Crippen LogP contribution in [0, 0.1) is 24.7 Å². The quantitative estimate of drug-likeness (QED) is 0.923. The zero-order chi connectivity index (χ0) is 15.1. The van der Waals surface area contributed by atoms with Crippen molar-refractivity contribution >= 4 is 11.6 Å². The summed E-state index contributed by atoms with van der Waals surface area (Å²) in [5, 5.41) is 16.3. The maximum Gasteiger partial charge on any atom is 0.130 e. The first kappa shape index (κ1) is 15.8. The Balaban J connectivity index is 2.31.